The minimum Gasteiger partial charge on any atom is -0.389 e. The standard InChI is InChI=1S/C17H26N2O2/c1-12-5-6-15(13(2)9-12)19-16(20)10-14(3)18-11-17(21)7-4-8-17/h5-6,9,14,18,21H,4,7-8,10-11H2,1-3H3,(H,19,20). The Bertz CT molecular complexity index is 510. The number of aliphatic hydroxyl groups is 1. The quantitative estimate of drug-likeness (QED) is 0.754. The molecule has 0 saturated heterocycles. The smallest absolute Gasteiger partial charge is 0.225 e. The molecule has 1 fully saturated rings. The lowest BCUT2D eigenvalue weighted by atomic mass is 9.80. The summed E-state index contributed by atoms with van der Waals surface area (Å²) >= 11 is 0. The van der Waals surface area contributed by atoms with Crippen LogP contribution in [-0.2, 0) is 4.79 Å². The van der Waals surface area contributed by atoms with Crippen molar-refractivity contribution >= 4 is 11.6 Å². The number of nitrogens with one attached hydrogen (secondary N) is 2. The molecule has 0 spiro atoms. The molecular weight excluding hydrogens is 264 g/mol. The molecule has 1 atom stereocenters. The molecule has 1 aromatic carbocycles. The fourth-order valence-electron chi connectivity index (χ4n) is 2.63. The number of hydrogen-bond acceptors (Lipinski definition) is 3. The summed E-state index contributed by atoms with van der Waals surface area (Å²) in [5.41, 5.74) is 2.59. The van der Waals surface area contributed by atoms with Crippen LogP contribution in [0.2, 0.25) is 0 Å². The summed E-state index contributed by atoms with van der Waals surface area (Å²) in [4.78, 5) is 12.1. The van der Waals surface area contributed by atoms with Gasteiger partial charge in [-0.25, -0.2) is 0 Å². The van der Waals surface area contributed by atoms with Crippen LogP contribution in [0.15, 0.2) is 18.2 Å². The minimum atomic E-state index is -0.543. The number of carbonyl (C=O) groups excluding carboxylic acids is 1. The van der Waals surface area contributed by atoms with Crippen molar-refractivity contribution in [1.82, 2.24) is 5.32 Å². The lowest BCUT2D eigenvalue weighted by Gasteiger charge is -2.37. The highest BCUT2D eigenvalue weighted by Crippen LogP contribution is 2.30. The summed E-state index contributed by atoms with van der Waals surface area (Å²) < 4.78 is 0. The number of anilines is 1. The molecule has 0 bridgehead atoms. The van der Waals surface area contributed by atoms with Crippen molar-refractivity contribution in [2.24, 2.45) is 0 Å². The highest BCUT2D eigenvalue weighted by molar-refractivity contribution is 5.91. The summed E-state index contributed by atoms with van der Waals surface area (Å²) in [6.45, 7) is 6.58. The summed E-state index contributed by atoms with van der Waals surface area (Å²) in [6, 6.07) is 6.05. The highest BCUT2D eigenvalue weighted by Gasteiger charge is 2.34. The van der Waals surface area contributed by atoms with Gasteiger partial charge in [-0.15, -0.1) is 0 Å². The number of rotatable bonds is 6. The summed E-state index contributed by atoms with van der Waals surface area (Å²) in [5.74, 6) is 0.00236. The third-order valence-corrected chi connectivity index (χ3v) is 4.21. The summed E-state index contributed by atoms with van der Waals surface area (Å²) in [5, 5.41) is 16.2. The lowest BCUT2D eigenvalue weighted by molar-refractivity contribution is -0.116. The average molecular weight is 290 g/mol. The van der Waals surface area contributed by atoms with Gasteiger partial charge < -0.3 is 15.7 Å². The second-order valence-corrected chi connectivity index (χ2v) is 6.43. The Hall–Kier alpha value is -1.39. The number of aryl methyl sites for hydroxylation is 2. The van der Waals surface area contributed by atoms with Crippen molar-refractivity contribution in [2.75, 3.05) is 11.9 Å². The zero-order chi connectivity index (χ0) is 15.5. The molecule has 4 heteroatoms. The third-order valence-electron chi connectivity index (χ3n) is 4.21. The number of hydrogen-bond donors (Lipinski definition) is 3. The molecule has 2 rings (SSSR count). The van der Waals surface area contributed by atoms with Crippen LogP contribution >= 0.6 is 0 Å². The fraction of sp³-hybridized carbons (Fsp3) is 0.588. The van der Waals surface area contributed by atoms with Gasteiger partial charge >= 0.3 is 0 Å². The van der Waals surface area contributed by atoms with E-state index in [2.05, 4.69) is 16.7 Å². The van der Waals surface area contributed by atoms with Gasteiger partial charge in [0.1, 0.15) is 0 Å². The number of carbonyl (C=O) groups is 1. The van der Waals surface area contributed by atoms with E-state index in [0.717, 1.165) is 30.5 Å². The normalized spacial score (nSPS) is 17.9. The van der Waals surface area contributed by atoms with E-state index in [1.54, 1.807) is 0 Å². The van der Waals surface area contributed by atoms with E-state index in [4.69, 9.17) is 0 Å². The number of benzene rings is 1. The molecular formula is C17H26N2O2. The van der Waals surface area contributed by atoms with Crippen LogP contribution in [0, 0.1) is 13.8 Å². The van der Waals surface area contributed by atoms with Crippen molar-refractivity contribution in [1.29, 1.82) is 0 Å². The molecule has 0 aromatic heterocycles. The van der Waals surface area contributed by atoms with E-state index in [1.165, 1.54) is 5.56 Å². The Morgan fingerprint density at radius 3 is 2.67 bits per heavy atom. The maximum atomic E-state index is 12.1. The Morgan fingerprint density at radius 2 is 2.10 bits per heavy atom. The molecule has 0 heterocycles. The molecule has 4 nitrogen and oxygen atoms in total. The van der Waals surface area contributed by atoms with Crippen molar-refractivity contribution in [3.05, 3.63) is 29.3 Å². The van der Waals surface area contributed by atoms with Gasteiger partial charge in [-0.1, -0.05) is 17.7 Å². The zero-order valence-electron chi connectivity index (χ0n) is 13.2. The third kappa shape index (κ3) is 4.55. The largest absolute Gasteiger partial charge is 0.389 e. The maximum Gasteiger partial charge on any atom is 0.225 e. The van der Waals surface area contributed by atoms with Gasteiger partial charge in [-0.2, -0.15) is 0 Å². The lowest BCUT2D eigenvalue weighted by Crippen LogP contribution is -2.48. The van der Waals surface area contributed by atoms with Crippen molar-refractivity contribution in [3.63, 3.8) is 0 Å². The van der Waals surface area contributed by atoms with Crippen molar-refractivity contribution in [2.45, 2.75) is 58.1 Å². The van der Waals surface area contributed by atoms with Crippen LogP contribution in [0.5, 0.6) is 0 Å². The first-order valence-electron chi connectivity index (χ1n) is 7.71. The molecule has 1 aliphatic carbocycles. The van der Waals surface area contributed by atoms with E-state index in [0.29, 0.717) is 13.0 Å². The van der Waals surface area contributed by atoms with Gasteiger partial charge in [-0.3, -0.25) is 4.79 Å². The van der Waals surface area contributed by atoms with Crippen LogP contribution in [0.3, 0.4) is 0 Å². The number of amides is 1. The van der Waals surface area contributed by atoms with Crippen LogP contribution in [0.1, 0.15) is 43.7 Å². The first kappa shape index (κ1) is 16.0. The molecule has 0 radical (unpaired) electrons. The monoisotopic (exact) mass is 290 g/mol. The SMILES string of the molecule is Cc1ccc(NC(=O)CC(C)NCC2(O)CCC2)c(C)c1. The Morgan fingerprint density at radius 1 is 1.38 bits per heavy atom. The summed E-state index contributed by atoms with van der Waals surface area (Å²) in [7, 11) is 0. The van der Waals surface area contributed by atoms with Gasteiger partial charge in [0, 0.05) is 24.7 Å². The van der Waals surface area contributed by atoms with Gasteiger partial charge in [-0.05, 0) is 51.7 Å². The topological polar surface area (TPSA) is 61.4 Å². The molecule has 0 aliphatic heterocycles. The maximum absolute atomic E-state index is 12.1. The molecule has 3 N–H and O–H groups in total. The molecule has 1 amide bonds. The molecule has 1 aromatic rings. The minimum absolute atomic E-state index is 0.00236. The van der Waals surface area contributed by atoms with Crippen LogP contribution in [-0.4, -0.2) is 29.2 Å². The van der Waals surface area contributed by atoms with Crippen LogP contribution in [0.25, 0.3) is 0 Å². The molecule has 21 heavy (non-hydrogen) atoms. The van der Waals surface area contributed by atoms with Gasteiger partial charge in [0.2, 0.25) is 5.91 Å². The summed E-state index contributed by atoms with van der Waals surface area (Å²) in [6.07, 6.45) is 3.23. The van der Waals surface area contributed by atoms with Crippen molar-refractivity contribution in [3.8, 4) is 0 Å². The Balaban J connectivity index is 1.78. The molecule has 1 unspecified atom stereocenters. The van der Waals surface area contributed by atoms with E-state index >= 15 is 0 Å². The van der Waals surface area contributed by atoms with Crippen molar-refractivity contribution < 1.29 is 9.90 Å². The predicted molar refractivity (Wildman–Crippen MR) is 85.4 cm³/mol. The van der Waals surface area contributed by atoms with E-state index in [-0.39, 0.29) is 11.9 Å². The Kier molecular flexibility index (Phi) is 5.01. The zero-order valence-corrected chi connectivity index (χ0v) is 13.2. The van der Waals surface area contributed by atoms with E-state index in [9.17, 15) is 9.90 Å². The average Bonchev–Trinajstić information content (AvgIpc) is 2.37. The van der Waals surface area contributed by atoms with Gasteiger partial charge in [0.15, 0.2) is 0 Å². The van der Waals surface area contributed by atoms with E-state index < -0.39 is 5.60 Å². The molecule has 116 valence electrons. The molecule has 1 aliphatic rings. The van der Waals surface area contributed by atoms with Gasteiger partial charge in [0.25, 0.3) is 0 Å². The first-order valence-corrected chi connectivity index (χ1v) is 7.71. The molecule has 1 saturated carbocycles. The van der Waals surface area contributed by atoms with Crippen LogP contribution < -0.4 is 10.6 Å². The van der Waals surface area contributed by atoms with Gasteiger partial charge in [0.05, 0.1) is 5.60 Å². The Labute approximate surface area is 126 Å². The van der Waals surface area contributed by atoms with E-state index in [1.807, 2.05) is 32.9 Å². The second kappa shape index (κ2) is 6.58. The predicted octanol–water partition coefficient (Wildman–Crippen LogP) is 2.53. The highest BCUT2D eigenvalue weighted by atomic mass is 16.3. The second-order valence-electron chi connectivity index (χ2n) is 6.43. The van der Waals surface area contributed by atoms with Crippen LogP contribution in [0.4, 0.5) is 5.69 Å². The first-order chi connectivity index (χ1) is 9.88. The fourth-order valence-corrected chi connectivity index (χ4v) is 2.63.